The van der Waals surface area contributed by atoms with Crippen LogP contribution >= 0.6 is 0 Å². The highest BCUT2D eigenvalue weighted by atomic mass is 16.5. The third kappa shape index (κ3) is 2.78. The maximum absolute atomic E-state index is 12.3. The fourth-order valence-electron chi connectivity index (χ4n) is 2.83. The lowest BCUT2D eigenvalue weighted by Gasteiger charge is -2.15. The van der Waals surface area contributed by atoms with Crippen molar-refractivity contribution >= 4 is 11.7 Å². The maximum Gasteiger partial charge on any atom is 0.279 e. The molecular formula is C16H16N6O2. The fourth-order valence-corrected chi connectivity index (χ4v) is 2.83. The number of pyridine rings is 1. The first-order valence-electron chi connectivity index (χ1n) is 7.81. The Balaban J connectivity index is 1.51. The minimum absolute atomic E-state index is 0.176. The largest absolute Gasteiger partial charge is 0.354 e. The van der Waals surface area contributed by atoms with Gasteiger partial charge in [-0.05, 0) is 42.9 Å². The van der Waals surface area contributed by atoms with E-state index in [1.54, 1.807) is 17.9 Å². The quantitative estimate of drug-likeness (QED) is 0.791. The van der Waals surface area contributed by atoms with Crippen molar-refractivity contribution in [2.24, 2.45) is 7.05 Å². The molecule has 24 heavy (non-hydrogen) atoms. The zero-order valence-electron chi connectivity index (χ0n) is 13.2. The van der Waals surface area contributed by atoms with Gasteiger partial charge in [-0.3, -0.25) is 9.48 Å². The minimum atomic E-state index is -0.364. The molecule has 0 spiro atoms. The Hall–Kier alpha value is -3.03. The number of hydrogen-bond donors (Lipinski definition) is 1. The van der Waals surface area contributed by atoms with Crippen molar-refractivity contribution in [3.05, 3.63) is 41.3 Å². The first-order chi connectivity index (χ1) is 11.7. The molecule has 0 fully saturated rings. The van der Waals surface area contributed by atoms with Crippen LogP contribution < -0.4 is 5.32 Å². The third-order valence-electron chi connectivity index (χ3n) is 4.06. The molecule has 4 rings (SSSR count). The Morgan fingerprint density at radius 3 is 2.88 bits per heavy atom. The van der Waals surface area contributed by atoms with Gasteiger partial charge >= 0.3 is 0 Å². The van der Waals surface area contributed by atoms with Crippen LogP contribution in [0.5, 0.6) is 0 Å². The number of nitrogens with zero attached hydrogens (tertiary/aromatic N) is 5. The van der Waals surface area contributed by atoms with Crippen LogP contribution in [-0.4, -0.2) is 31.0 Å². The van der Waals surface area contributed by atoms with Crippen molar-refractivity contribution in [1.82, 2.24) is 25.1 Å². The van der Waals surface area contributed by atoms with Crippen LogP contribution in [0.2, 0.25) is 0 Å². The number of carbonyl (C=O) groups is 1. The molecule has 3 aromatic heterocycles. The lowest BCUT2D eigenvalue weighted by molar-refractivity contribution is 0.101. The zero-order chi connectivity index (χ0) is 16.5. The molecule has 8 heteroatoms. The summed E-state index contributed by atoms with van der Waals surface area (Å²) in [5, 5.41) is 14.3. The summed E-state index contributed by atoms with van der Waals surface area (Å²) in [6, 6.07) is 3.48. The van der Waals surface area contributed by atoms with Crippen molar-refractivity contribution in [2.45, 2.75) is 25.7 Å². The zero-order valence-corrected chi connectivity index (χ0v) is 13.2. The van der Waals surface area contributed by atoms with Crippen molar-refractivity contribution in [3.63, 3.8) is 0 Å². The summed E-state index contributed by atoms with van der Waals surface area (Å²) < 4.78 is 6.72. The van der Waals surface area contributed by atoms with Gasteiger partial charge in [0.1, 0.15) is 5.82 Å². The normalized spacial score (nSPS) is 13.5. The van der Waals surface area contributed by atoms with E-state index in [4.69, 9.17) is 4.52 Å². The molecule has 122 valence electrons. The van der Waals surface area contributed by atoms with Crippen LogP contribution in [0.25, 0.3) is 11.5 Å². The lowest BCUT2D eigenvalue weighted by Crippen LogP contribution is -2.14. The second kappa shape index (κ2) is 5.88. The van der Waals surface area contributed by atoms with E-state index >= 15 is 0 Å². The number of aromatic nitrogens is 5. The number of fused-ring (bicyclic) bond motifs is 1. The van der Waals surface area contributed by atoms with E-state index in [0.29, 0.717) is 17.3 Å². The van der Waals surface area contributed by atoms with E-state index in [-0.39, 0.29) is 11.6 Å². The van der Waals surface area contributed by atoms with Gasteiger partial charge in [0, 0.05) is 19.3 Å². The summed E-state index contributed by atoms with van der Waals surface area (Å²) in [6.07, 6.45) is 7.99. The minimum Gasteiger partial charge on any atom is -0.354 e. The summed E-state index contributed by atoms with van der Waals surface area (Å²) in [4.78, 5) is 16.6. The summed E-state index contributed by atoms with van der Waals surface area (Å²) in [6.45, 7) is 0. The highest BCUT2D eigenvalue weighted by molar-refractivity contribution is 6.02. The van der Waals surface area contributed by atoms with E-state index in [0.717, 1.165) is 12.8 Å². The number of rotatable bonds is 3. The summed E-state index contributed by atoms with van der Waals surface area (Å²) in [5.41, 5.74) is 3.23. The van der Waals surface area contributed by atoms with E-state index in [1.807, 2.05) is 12.3 Å². The Kier molecular flexibility index (Phi) is 3.56. The molecule has 0 saturated carbocycles. The van der Waals surface area contributed by atoms with Crippen LogP contribution in [0.4, 0.5) is 5.82 Å². The Morgan fingerprint density at radius 2 is 2.08 bits per heavy atom. The monoisotopic (exact) mass is 324 g/mol. The molecule has 0 aliphatic heterocycles. The van der Waals surface area contributed by atoms with Gasteiger partial charge in [-0.2, -0.15) is 0 Å². The third-order valence-corrected chi connectivity index (χ3v) is 4.06. The summed E-state index contributed by atoms with van der Waals surface area (Å²) in [7, 11) is 1.75. The Labute approximate surface area is 137 Å². The fraction of sp³-hybridized carbons (Fsp3) is 0.312. The van der Waals surface area contributed by atoms with Crippen LogP contribution in [0.1, 0.15) is 34.5 Å². The van der Waals surface area contributed by atoms with Gasteiger partial charge in [-0.15, -0.1) is 5.10 Å². The molecule has 3 aromatic rings. The number of nitrogens with one attached hydrogen (secondary N) is 1. The molecule has 0 atom stereocenters. The molecule has 1 aliphatic carbocycles. The van der Waals surface area contributed by atoms with Crippen LogP contribution in [0, 0.1) is 0 Å². The van der Waals surface area contributed by atoms with Crippen molar-refractivity contribution in [2.75, 3.05) is 5.32 Å². The number of aryl methyl sites for hydroxylation is 3. The van der Waals surface area contributed by atoms with Crippen molar-refractivity contribution in [3.8, 4) is 11.5 Å². The smallest absolute Gasteiger partial charge is 0.279 e. The van der Waals surface area contributed by atoms with Crippen LogP contribution in [0.3, 0.4) is 0 Å². The van der Waals surface area contributed by atoms with E-state index in [1.165, 1.54) is 30.0 Å². The number of carbonyl (C=O) groups excluding carboxylic acids is 1. The molecule has 0 bridgehead atoms. The predicted molar refractivity (Wildman–Crippen MR) is 85.3 cm³/mol. The molecule has 0 saturated heterocycles. The molecule has 1 aliphatic rings. The summed E-state index contributed by atoms with van der Waals surface area (Å²) in [5.74, 6) is 0.563. The standard InChI is InChI=1S/C16H16N6O2/c1-22-9-13(19-21-22)14-7-12(20-24-14)16(23)18-15-6-10-4-2-3-5-11(10)8-17-15/h6-9H,2-5H2,1H3,(H,17,18,23). The highest BCUT2D eigenvalue weighted by Gasteiger charge is 2.17. The molecule has 3 heterocycles. The average molecular weight is 324 g/mol. The van der Waals surface area contributed by atoms with Crippen molar-refractivity contribution < 1.29 is 9.32 Å². The van der Waals surface area contributed by atoms with Gasteiger partial charge in [0.15, 0.2) is 17.1 Å². The molecule has 1 amide bonds. The Morgan fingerprint density at radius 1 is 1.25 bits per heavy atom. The van der Waals surface area contributed by atoms with Gasteiger partial charge in [0.2, 0.25) is 0 Å². The number of hydrogen-bond acceptors (Lipinski definition) is 6. The lowest BCUT2D eigenvalue weighted by atomic mass is 9.93. The molecular weight excluding hydrogens is 308 g/mol. The van der Waals surface area contributed by atoms with E-state index < -0.39 is 0 Å². The second-order valence-electron chi connectivity index (χ2n) is 5.85. The number of anilines is 1. The van der Waals surface area contributed by atoms with Gasteiger partial charge < -0.3 is 9.84 Å². The van der Waals surface area contributed by atoms with Gasteiger partial charge in [-0.1, -0.05) is 10.4 Å². The number of amides is 1. The average Bonchev–Trinajstić information content (AvgIpc) is 3.23. The first-order valence-corrected chi connectivity index (χ1v) is 7.81. The van der Waals surface area contributed by atoms with Crippen LogP contribution in [-0.2, 0) is 19.9 Å². The van der Waals surface area contributed by atoms with Gasteiger partial charge in [-0.25, -0.2) is 4.98 Å². The molecule has 0 aromatic carbocycles. The van der Waals surface area contributed by atoms with Gasteiger partial charge in [0.25, 0.3) is 5.91 Å². The molecule has 8 nitrogen and oxygen atoms in total. The maximum atomic E-state index is 12.3. The molecule has 0 unspecified atom stereocenters. The second-order valence-corrected chi connectivity index (χ2v) is 5.85. The highest BCUT2D eigenvalue weighted by Crippen LogP contribution is 2.23. The Bertz CT molecular complexity index is 898. The summed E-state index contributed by atoms with van der Waals surface area (Å²) >= 11 is 0. The predicted octanol–water partition coefficient (Wildman–Crippen LogP) is 2.00. The van der Waals surface area contributed by atoms with E-state index in [2.05, 4.69) is 25.8 Å². The van der Waals surface area contributed by atoms with E-state index in [9.17, 15) is 4.79 Å². The van der Waals surface area contributed by atoms with Crippen molar-refractivity contribution in [1.29, 1.82) is 0 Å². The molecule has 0 radical (unpaired) electrons. The van der Waals surface area contributed by atoms with Crippen LogP contribution in [0.15, 0.2) is 29.0 Å². The van der Waals surface area contributed by atoms with Gasteiger partial charge in [0.05, 0.1) is 6.20 Å². The first kappa shape index (κ1) is 14.6. The molecule has 1 N–H and O–H groups in total. The topological polar surface area (TPSA) is 98.7 Å². The SMILES string of the molecule is Cn1cc(-c2cc(C(=O)Nc3cc4c(cn3)CCCC4)no2)nn1.